The maximum atomic E-state index is 12.3. The Balaban J connectivity index is 2.95. The molecule has 0 aliphatic rings. The standard InChI is InChI=1S/C14H16ClF2NO4/c1-2-3-4-10(13(20)21)18-12(19)9-7-8(15)5-6-11(9)22-14(16)17/h5-7,10,14H,2-4H2,1H3,(H,18,19)(H,20,21)/t10-/m0/s1. The van der Waals surface area contributed by atoms with E-state index in [0.717, 1.165) is 18.6 Å². The van der Waals surface area contributed by atoms with E-state index in [1.807, 2.05) is 6.92 Å². The Morgan fingerprint density at radius 3 is 2.64 bits per heavy atom. The Bertz CT molecular complexity index is 540. The Morgan fingerprint density at radius 1 is 1.41 bits per heavy atom. The topological polar surface area (TPSA) is 75.6 Å². The van der Waals surface area contributed by atoms with Crippen LogP contribution in [-0.4, -0.2) is 29.6 Å². The summed E-state index contributed by atoms with van der Waals surface area (Å²) in [7, 11) is 0. The fraction of sp³-hybridized carbons (Fsp3) is 0.429. The van der Waals surface area contributed by atoms with Gasteiger partial charge in [0.1, 0.15) is 11.8 Å². The first kappa shape index (κ1) is 18.2. The number of ether oxygens (including phenoxy) is 1. The van der Waals surface area contributed by atoms with Crippen LogP contribution in [0.5, 0.6) is 5.75 Å². The lowest BCUT2D eigenvalue weighted by atomic mass is 10.1. The normalized spacial score (nSPS) is 12.0. The quantitative estimate of drug-likeness (QED) is 0.764. The second kappa shape index (κ2) is 8.53. The Kier molecular flexibility index (Phi) is 7.04. The second-order valence-electron chi connectivity index (χ2n) is 4.53. The molecule has 1 aromatic carbocycles. The van der Waals surface area contributed by atoms with E-state index in [4.69, 9.17) is 16.7 Å². The first-order valence-electron chi connectivity index (χ1n) is 6.63. The molecule has 0 aliphatic carbocycles. The summed E-state index contributed by atoms with van der Waals surface area (Å²) in [5.41, 5.74) is -0.240. The van der Waals surface area contributed by atoms with E-state index in [9.17, 15) is 18.4 Å². The van der Waals surface area contributed by atoms with Crippen LogP contribution in [0, 0.1) is 0 Å². The molecule has 0 fully saturated rings. The van der Waals surface area contributed by atoms with Crippen LogP contribution in [0.2, 0.25) is 5.02 Å². The van der Waals surface area contributed by atoms with Crippen molar-refractivity contribution in [3.8, 4) is 5.75 Å². The largest absolute Gasteiger partial charge is 0.480 e. The van der Waals surface area contributed by atoms with Crippen molar-refractivity contribution in [2.45, 2.75) is 38.8 Å². The highest BCUT2D eigenvalue weighted by molar-refractivity contribution is 6.31. The fourth-order valence-electron chi connectivity index (χ4n) is 1.78. The van der Waals surface area contributed by atoms with Crippen LogP contribution in [0.1, 0.15) is 36.5 Å². The Morgan fingerprint density at radius 2 is 2.09 bits per heavy atom. The minimum absolute atomic E-state index is 0.146. The van der Waals surface area contributed by atoms with Gasteiger partial charge in [0.15, 0.2) is 0 Å². The zero-order valence-electron chi connectivity index (χ0n) is 11.8. The van der Waals surface area contributed by atoms with Gasteiger partial charge in [0.05, 0.1) is 5.56 Å². The molecule has 0 aromatic heterocycles. The number of rotatable bonds is 8. The predicted octanol–water partition coefficient (Wildman–Crippen LogP) is 3.31. The molecule has 1 rings (SSSR count). The number of aliphatic carboxylic acids is 1. The number of carboxylic acids is 1. The lowest BCUT2D eigenvalue weighted by molar-refractivity contribution is -0.139. The number of alkyl halides is 2. The van der Waals surface area contributed by atoms with Gasteiger partial charge in [-0.05, 0) is 24.6 Å². The minimum atomic E-state index is -3.11. The third-order valence-electron chi connectivity index (χ3n) is 2.85. The molecule has 0 saturated heterocycles. The highest BCUT2D eigenvalue weighted by atomic mass is 35.5. The van der Waals surface area contributed by atoms with Gasteiger partial charge in [0.2, 0.25) is 0 Å². The average molecular weight is 336 g/mol. The summed E-state index contributed by atoms with van der Waals surface area (Å²) in [6.45, 7) is -1.23. The SMILES string of the molecule is CCCC[C@H](NC(=O)c1cc(Cl)ccc1OC(F)F)C(=O)O. The predicted molar refractivity (Wildman–Crippen MR) is 76.5 cm³/mol. The number of benzene rings is 1. The zero-order valence-corrected chi connectivity index (χ0v) is 12.6. The van der Waals surface area contributed by atoms with Crippen LogP contribution < -0.4 is 10.1 Å². The van der Waals surface area contributed by atoms with Gasteiger partial charge in [-0.15, -0.1) is 0 Å². The van der Waals surface area contributed by atoms with Crippen molar-refractivity contribution in [3.63, 3.8) is 0 Å². The summed E-state index contributed by atoms with van der Waals surface area (Å²) in [4.78, 5) is 23.2. The number of nitrogens with one attached hydrogen (secondary N) is 1. The van der Waals surface area contributed by atoms with Crippen molar-refractivity contribution >= 4 is 23.5 Å². The smallest absolute Gasteiger partial charge is 0.387 e. The Labute approximate surface area is 131 Å². The number of carboxylic acid groups (broad SMARTS) is 1. The third-order valence-corrected chi connectivity index (χ3v) is 3.09. The van der Waals surface area contributed by atoms with Crippen LogP contribution in [0.15, 0.2) is 18.2 Å². The van der Waals surface area contributed by atoms with Gasteiger partial charge in [-0.2, -0.15) is 8.78 Å². The molecule has 0 aliphatic heterocycles. The molecule has 22 heavy (non-hydrogen) atoms. The van der Waals surface area contributed by atoms with Crippen molar-refractivity contribution in [3.05, 3.63) is 28.8 Å². The van der Waals surface area contributed by atoms with Crippen LogP contribution in [-0.2, 0) is 4.79 Å². The number of hydrogen-bond acceptors (Lipinski definition) is 3. The lowest BCUT2D eigenvalue weighted by Crippen LogP contribution is -2.40. The molecule has 0 spiro atoms. The van der Waals surface area contributed by atoms with Crippen molar-refractivity contribution in [2.24, 2.45) is 0 Å². The molecule has 1 atom stereocenters. The number of carbonyl (C=O) groups excluding carboxylic acids is 1. The molecule has 0 bridgehead atoms. The summed E-state index contributed by atoms with van der Waals surface area (Å²) in [6, 6.07) is 2.46. The van der Waals surface area contributed by atoms with Gasteiger partial charge in [0, 0.05) is 5.02 Å². The molecule has 1 aromatic rings. The first-order chi connectivity index (χ1) is 10.3. The first-order valence-corrected chi connectivity index (χ1v) is 7.01. The summed E-state index contributed by atoms with van der Waals surface area (Å²) >= 11 is 5.74. The lowest BCUT2D eigenvalue weighted by Gasteiger charge is -2.16. The van der Waals surface area contributed by atoms with Crippen LogP contribution in [0.3, 0.4) is 0 Å². The van der Waals surface area contributed by atoms with Crippen molar-refractivity contribution in [1.29, 1.82) is 0 Å². The molecule has 1 amide bonds. The summed E-state index contributed by atoms with van der Waals surface area (Å²) in [5.74, 6) is -2.39. The summed E-state index contributed by atoms with van der Waals surface area (Å²) in [6.07, 6.45) is 1.60. The second-order valence-corrected chi connectivity index (χ2v) is 4.96. The summed E-state index contributed by atoms with van der Waals surface area (Å²) < 4.78 is 28.9. The van der Waals surface area contributed by atoms with Gasteiger partial charge >= 0.3 is 12.6 Å². The monoisotopic (exact) mass is 335 g/mol. The number of hydrogen-bond donors (Lipinski definition) is 2. The van der Waals surface area contributed by atoms with Crippen molar-refractivity contribution < 1.29 is 28.2 Å². The molecule has 5 nitrogen and oxygen atoms in total. The molecule has 0 saturated carbocycles. The van der Waals surface area contributed by atoms with Gasteiger partial charge in [-0.25, -0.2) is 4.79 Å². The molecule has 0 radical (unpaired) electrons. The van der Waals surface area contributed by atoms with E-state index in [1.165, 1.54) is 6.07 Å². The highest BCUT2D eigenvalue weighted by Crippen LogP contribution is 2.24. The van der Waals surface area contributed by atoms with Crippen LogP contribution in [0.25, 0.3) is 0 Å². The van der Waals surface area contributed by atoms with E-state index < -0.39 is 24.5 Å². The van der Waals surface area contributed by atoms with E-state index in [2.05, 4.69) is 10.1 Å². The van der Waals surface area contributed by atoms with Gasteiger partial charge < -0.3 is 15.2 Å². The van der Waals surface area contributed by atoms with Crippen molar-refractivity contribution in [2.75, 3.05) is 0 Å². The molecule has 0 unspecified atom stereocenters. The van der Waals surface area contributed by atoms with E-state index in [1.54, 1.807) is 0 Å². The minimum Gasteiger partial charge on any atom is -0.480 e. The highest BCUT2D eigenvalue weighted by Gasteiger charge is 2.23. The fourth-order valence-corrected chi connectivity index (χ4v) is 1.95. The summed E-state index contributed by atoms with van der Waals surface area (Å²) in [5, 5.41) is 11.5. The van der Waals surface area contributed by atoms with Crippen LogP contribution in [0.4, 0.5) is 8.78 Å². The maximum Gasteiger partial charge on any atom is 0.387 e. The van der Waals surface area contributed by atoms with Gasteiger partial charge in [-0.3, -0.25) is 4.79 Å². The number of amides is 1. The zero-order chi connectivity index (χ0) is 16.7. The number of unbranched alkanes of at least 4 members (excludes halogenated alkanes) is 1. The molecular weight excluding hydrogens is 320 g/mol. The van der Waals surface area contributed by atoms with E-state index >= 15 is 0 Å². The van der Waals surface area contributed by atoms with Crippen molar-refractivity contribution in [1.82, 2.24) is 5.32 Å². The Hall–Kier alpha value is -1.89. The van der Waals surface area contributed by atoms with E-state index in [-0.39, 0.29) is 22.8 Å². The molecule has 2 N–H and O–H groups in total. The molecule has 122 valence electrons. The van der Waals surface area contributed by atoms with Crippen LogP contribution >= 0.6 is 11.6 Å². The van der Waals surface area contributed by atoms with Gasteiger partial charge in [0.25, 0.3) is 5.91 Å². The number of carbonyl (C=O) groups is 2. The molecular formula is C14H16ClF2NO4. The van der Waals surface area contributed by atoms with Gasteiger partial charge in [-0.1, -0.05) is 31.4 Å². The molecule has 8 heteroatoms. The molecule has 0 heterocycles. The third kappa shape index (κ3) is 5.48. The average Bonchev–Trinajstić information content (AvgIpc) is 2.44. The van der Waals surface area contributed by atoms with E-state index in [0.29, 0.717) is 6.42 Å². The maximum absolute atomic E-state index is 12.3. The number of halogens is 3.